The zero-order chi connectivity index (χ0) is 15.4. The summed E-state index contributed by atoms with van der Waals surface area (Å²) in [6.45, 7) is 1.96. The van der Waals surface area contributed by atoms with Crippen LogP contribution >= 0.6 is 0 Å². The molecule has 4 N–H and O–H groups in total. The van der Waals surface area contributed by atoms with Crippen LogP contribution in [0.5, 0.6) is 0 Å². The number of anilines is 1. The van der Waals surface area contributed by atoms with Crippen molar-refractivity contribution < 1.29 is 16.8 Å². The highest BCUT2D eigenvalue weighted by Crippen LogP contribution is 2.21. The van der Waals surface area contributed by atoms with E-state index in [2.05, 4.69) is 9.44 Å². The van der Waals surface area contributed by atoms with Gasteiger partial charge in [-0.3, -0.25) is 0 Å². The third-order valence-corrected chi connectivity index (χ3v) is 4.93. The summed E-state index contributed by atoms with van der Waals surface area (Å²) >= 11 is 0. The lowest BCUT2D eigenvalue weighted by Gasteiger charge is -2.11. The maximum absolute atomic E-state index is 12.1. The van der Waals surface area contributed by atoms with Crippen LogP contribution in [-0.4, -0.2) is 36.2 Å². The molecule has 0 aliphatic rings. The molecule has 0 fully saturated rings. The Labute approximate surface area is 119 Å². The molecule has 1 rings (SSSR count). The molecule has 7 nitrogen and oxygen atoms in total. The molecular weight excluding hydrogens is 302 g/mol. The summed E-state index contributed by atoms with van der Waals surface area (Å²) in [6.07, 6.45) is 1.39. The second kappa shape index (κ2) is 6.53. The van der Waals surface area contributed by atoms with Gasteiger partial charge in [-0.1, -0.05) is 12.1 Å². The lowest BCUT2D eigenvalue weighted by atomic mass is 10.2. The van der Waals surface area contributed by atoms with Gasteiger partial charge < -0.3 is 5.73 Å². The summed E-state index contributed by atoms with van der Waals surface area (Å²) in [5.74, 6) is 0. The molecule has 0 unspecified atom stereocenters. The van der Waals surface area contributed by atoms with E-state index in [4.69, 9.17) is 5.73 Å². The van der Waals surface area contributed by atoms with E-state index in [1.54, 1.807) is 19.1 Å². The third-order valence-electron chi connectivity index (χ3n) is 2.52. The lowest BCUT2D eigenvalue weighted by Crippen LogP contribution is -2.30. The molecule has 20 heavy (non-hydrogen) atoms. The number of nitrogen functional groups attached to an aromatic ring is 1. The van der Waals surface area contributed by atoms with Gasteiger partial charge in [-0.2, -0.15) is 0 Å². The Morgan fingerprint density at radius 3 is 2.25 bits per heavy atom. The maximum atomic E-state index is 12.1. The van der Waals surface area contributed by atoms with E-state index in [-0.39, 0.29) is 23.7 Å². The summed E-state index contributed by atoms with van der Waals surface area (Å²) in [4.78, 5) is 0.0658. The monoisotopic (exact) mass is 321 g/mol. The van der Waals surface area contributed by atoms with Gasteiger partial charge in [0, 0.05) is 13.1 Å². The molecule has 0 amide bonds. The molecule has 1 aromatic rings. The van der Waals surface area contributed by atoms with Crippen LogP contribution in [0.1, 0.15) is 12.0 Å². The van der Waals surface area contributed by atoms with Crippen molar-refractivity contribution in [3.05, 3.63) is 23.8 Å². The zero-order valence-electron chi connectivity index (χ0n) is 11.4. The SMILES string of the molecule is Cc1cccc(N)c1S(=O)(=O)NCCCNS(C)(=O)=O. The quantitative estimate of drug-likeness (QED) is 0.474. The third kappa shape index (κ3) is 5.08. The van der Waals surface area contributed by atoms with E-state index < -0.39 is 20.0 Å². The van der Waals surface area contributed by atoms with Gasteiger partial charge in [-0.25, -0.2) is 26.3 Å². The molecule has 114 valence electrons. The molecule has 0 aliphatic heterocycles. The Balaban J connectivity index is 2.63. The van der Waals surface area contributed by atoms with E-state index in [9.17, 15) is 16.8 Å². The molecule has 0 atom stereocenters. The number of hydrogen-bond acceptors (Lipinski definition) is 5. The molecule has 9 heteroatoms. The minimum atomic E-state index is -3.69. The Morgan fingerprint density at radius 2 is 1.70 bits per heavy atom. The average molecular weight is 321 g/mol. The summed E-state index contributed by atoms with van der Waals surface area (Å²) in [7, 11) is -6.94. The molecule has 1 aromatic carbocycles. The van der Waals surface area contributed by atoms with Crippen LogP contribution in [0.4, 0.5) is 5.69 Å². The minimum Gasteiger partial charge on any atom is -0.398 e. The van der Waals surface area contributed by atoms with Gasteiger partial charge in [-0.05, 0) is 25.0 Å². The first-order chi connectivity index (χ1) is 9.13. The first-order valence-corrected chi connectivity index (χ1v) is 9.30. The van der Waals surface area contributed by atoms with E-state index in [0.717, 1.165) is 6.26 Å². The first-order valence-electron chi connectivity index (χ1n) is 5.93. The molecule has 0 saturated heterocycles. The Hall–Kier alpha value is -1.16. The van der Waals surface area contributed by atoms with E-state index in [0.29, 0.717) is 12.0 Å². The highest BCUT2D eigenvalue weighted by molar-refractivity contribution is 7.89. The van der Waals surface area contributed by atoms with Crippen LogP contribution < -0.4 is 15.2 Å². The molecule has 0 bridgehead atoms. The van der Waals surface area contributed by atoms with Crippen LogP contribution in [0.3, 0.4) is 0 Å². The normalized spacial score (nSPS) is 12.5. The largest absolute Gasteiger partial charge is 0.398 e. The second-order valence-electron chi connectivity index (χ2n) is 4.41. The van der Waals surface area contributed by atoms with Crippen LogP contribution in [-0.2, 0) is 20.0 Å². The van der Waals surface area contributed by atoms with E-state index >= 15 is 0 Å². The van der Waals surface area contributed by atoms with Crippen molar-refractivity contribution in [3.8, 4) is 0 Å². The van der Waals surface area contributed by atoms with Gasteiger partial charge in [0.25, 0.3) is 0 Å². The van der Waals surface area contributed by atoms with Crippen molar-refractivity contribution in [2.24, 2.45) is 0 Å². The highest BCUT2D eigenvalue weighted by atomic mass is 32.2. The standard InChI is InChI=1S/C11H19N3O4S2/c1-9-5-3-6-10(12)11(9)20(17,18)14-8-4-7-13-19(2,15)16/h3,5-6,13-14H,4,7-8,12H2,1-2H3. The van der Waals surface area contributed by atoms with E-state index in [1.807, 2.05) is 0 Å². The zero-order valence-corrected chi connectivity index (χ0v) is 13.0. The van der Waals surface area contributed by atoms with Crippen LogP contribution in [0.25, 0.3) is 0 Å². The Kier molecular flexibility index (Phi) is 5.51. The summed E-state index contributed by atoms with van der Waals surface area (Å²) in [5, 5.41) is 0. The molecule has 0 aromatic heterocycles. The number of aryl methyl sites for hydroxylation is 1. The van der Waals surface area contributed by atoms with Crippen LogP contribution in [0, 0.1) is 6.92 Å². The van der Waals surface area contributed by atoms with E-state index in [1.165, 1.54) is 6.07 Å². The van der Waals surface area contributed by atoms with Crippen LogP contribution in [0.15, 0.2) is 23.1 Å². The van der Waals surface area contributed by atoms with Gasteiger partial charge in [0.2, 0.25) is 20.0 Å². The van der Waals surface area contributed by atoms with Gasteiger partial charge in [0.05, 0.1) is 11.9 Å². The van der Waals surface area contributed by atoms with Crippen molar-refractivity contribution in [1.82, 2.24) is 9.44 Å². The number of benzene rings is 1. The van der Waals surface area contributed by atoms with Crippen molar-refractivity contribution in [3.63, 3.8) is 0 Å². The smallest absolute Gasteiger partial charge is 0.242 e. The summed E-state index contributed by atoms with van der Waals surface area (Å²) < 4.78 is 50.6. The lowest BCUT2D eigenvalue weighted by molar-refractivity contribution is 0.575. The molecule has 0 spiro atoms. The highest BCUT2D eigenvalue weighted by Gasteiger charge is 2.19. The first kappa shape index (κ1) is 16.9. The van der Waals surface area contributed by atoms with Crippen molar-refractivity contribution in [1.29, 1.82) is 0 Å². The summed E-state index contributed by atoms with van der Waals surface area (Å²) in [5.41, 5.74) is 6.43. The number of nitrogens with two attached hydrogens (primary N) is 1. The van der Waals surface area contributed by atoms with Crippen molar-refractivity contribution >= 4 is 25.7 Å². The van der Waals surface area contributed by atoms with Crippen molar-refractivity contribution in [2.75, 3.05) is 25.1 Å². The Bertz CT molecular complexity index is 649. The predicted octanol–water partition coefficient (Wildman–Crippen LogP) is -0.205. The van der Waals surface area contributed by atoms with Gasteiger partial charge in [-0.15, -0.1) is 0 Å². The fraction of sp³-hybridized carbons (Fsp3) is 0.455. The number of sulfonamides is 2. The van der Waals surface area contributed by atoms with Gasteiger partial charge in [0.1, 0.15) is 4.90 Å². The molecule has 0 aliphatic carbocycles. The fourth-order valence-corrected chi connectivity index (χ4v) is 3.61. The second-order valence-corrected chi connectivity index (χ2v) is 7.95. The van der Waals surface area contributed by atoms with Crippen molar-refractivity contribution in [2.45, 2.75) is 18.2 Å². The average Bonchev–Trinajstić information content (AvgIpc) is 2.26. The molecule has 0 heterocycles. The van der Waals surface area contributed by atoms with Crippen LogP contribution in [0.2, 0.25) is 0 Å². The maximum Gasteiger partial charge on any atom is 0.242 e. The topological polar surface area (TPSA) is 118 Å². The number of hydrogen-bond donors (Lipinski definition) is 3. The minimum absolute atomic E-state index is 0.0658. The van der Waals surface area contributed by atoms with Gasteiger partial charge >= 0.3 is 0 Å². The molecule has 0 saturated carbocycles. The van der Waals surface area contributed by atoms with Gasteiger partial charge in [0.15, 0.2) is 0 Å². The number of nitrogens with one attached hydrogen (secondary N) is 2. The molecular formula is C11H19N3O4S2. The fourth-order valence-electron chi connectivity index (χ4n) is 1.67. The Morgan fingerprint density at radius 1 is 1.10 bits per heavy atom. The predicted molar refractivity (Wildman–Crippen MR) is 78.2 cm³/mol. The molecule has 0 radical (unpaired) electrons. The summed E-state index contributed by atoms with van der Waals surface area (Å²) in [6, 6.07) is 4.86. The number of rotatable bonds is 7.